The number of imidazole rings is 1. The van der Waals surface area contributed by atoms with Gasteiger partial charge in [-0.2, -0.15) is 0 Å². The molecule has 5 heteroatoms. The number of aromatic nitrogens is 2. The summed E-state index contributed by atoms with van der Waals surface area (Å²) < 4.78 is 7.58. The molecule has 0 spiro atoms. The topological polar surface area (TPSA) is 56.1 Å². The normalized spacial score (nSPS) is 23.6. The zero-order chi connectivity index (χ0) is 13.8. The number of nitrogens with zero attached hydrogens (tertiary/aromatic N) is 2. The summed E-state index contributed by atoms with van der Waals surface area (Å²) in [7, 11) is 1.86. The van der Waals surface area contributed by atoms with E-state index in [1.165, 1.54) is 0 Å². The summed E-state index contributed by atoms with van der Waals surface area (Å²) >= 11 is 0. The lowest BCUT2D eigenvalue weighted by Gasteiger charge is -2.33. The lowest BCUT2D eigenvalue weighted by Crippen LogP contribution is -2.47. The average molecular weight is 265 g/mol. The smallest absolute Gasteiger partial charge is 0.271 e. The van der Waals surface area contributed by atoms with Crippen molar-refractivity contribution in [1.29, 1.82) is 0 Å². The lowest BCUT2D eigenvalue weighted by atomic mass is 9.94. The van der Waals surface area contributed by atoms with Crippen molar-refractivity contribution in [2.45, 2.75) is 45.3 Å². The summed E-state index contributed by atoms with van der Waals surface area (Å²) in [5, 5.41) is 3.06. The number of aryl methyl sites for hydroxylation is 1. The Morgan fingerprint density at radius 3 is 3.05 bits per heavy atom. The number of nitrogens with one attached hydrogen (secondary N) is 1. The monoisotopic (exact) mass is 265 g/mol. The van der Waals surface area contributed by atoms with Gasteiger partial charge < -0.3 is 14.6 Å². The molecule has 1 fully saturated rings. The van der Waals surface area contributed by atoms with Crippen molar-refractivity contribution in [1.82, 2.24) is 14.9 Å². The second kappa shape index (κ2) is 6.19. The van der Waals surface area contributed by atoms with Crippen molar-refractivity contribution in [3.8, 4) is 0 Å². The van der Waals surface area contributed by atoms with E-state index in [4.69, 9.17) is 4.74 Å². The van der Waals surface area contributed by atoms with Crippen LogP contribution in [0.15, 0.2) is 12.5 Å². The van der Waals surface area contributed by atoms with Crippen LogP contribution in [0.1, 0.15) is 43.6 Å². The van der Waals surface area contributed by atoms with Crippen molar-refractivity contribution in [3.63, 3.8) is 0 Å². The van der Waals surface area contributed by atoms with Gasteiger partial charge in [0.05, 0.1) is 18.5 Å². The molecule has 0 aromatic carbocycles. The number of carbonyl (C=O) groups excluding carboxylic acids is 1. The van der Waals surface area contributed by atoms with Crippen molar-refractivity contribution in [2.24, 2.45) is 13.0 Å². The molecule has 0 bridgehead atoms. The molecule has 2 atom stereocenters. The Kier molecular flexibility index (Phi) is 4.58. The Labute approximate surface area is 114 Å². The van der Waals surface area contributed by atoms with Gasteiger partial charge in [-0.25, -0.2) is 4.98 Å². The van der Waals surface area contributed by atoms with E-state index in [2.05, 4.69) is 24.1 Å². The first-order valence-corrected chi connectivity index (χ1v) is 6.96. The van der Waals surface area contributed by atoms with Crippen LogP contribution in [0.3, 0.4) is 0 Å². The number of hydrogen-bond acceptors (Lipinski definition) is 3. The predicted molar refractivity (Wildman–Crippen MR) is 72.9 cm³/mol. The van der Waals surface area contributed by atoms with Gasteiger partial charge >= 0.3 is 0 Å². The molecule has 0 aliphatic carbocycles. The van der Waals surface area contributed by atoms with E-state index >= 15 is 0 Å². The maximum absolute atomic E-state index is 12.1. The van der Waals surface area contributed by atoms with Gasteiger partial charge in [0.2, 0.25) is 0 Å². The molecule has 106 valence electrons. The summed E-state index contributed by atoms with van der Waals surface area (Å²) in [6.45, 7) is 5.15. The molecule has 1 amide bonds. The molecule has 0 saturated carbocycles. The van der Waals surface area contributed by atoms with Crippen LogP contribution in [0.2, 0.25) is 0 Å². The van der Waals surface area contributed by atoms with Gasteiger partial charge in [-0.15, -0.1) is 0 Å². The van der Waals surface area contributed by atoms with E-state index in [0.717, 1.165) is 25.9 Å². The number of hydrogen-bond donors (Lipinski definition) is 1. The quantitative estimate of drug-likeness (QED) is 0.902. The van der Waals surface area contributed by atoms with Gasteiger partial charge in [0.1, 0.15) is 5.69 Å². The minimum Gasteiger partial charge on any atom is -0.376 e. The highest BCUT2D eigenvalue weighted by Crippen LogP contribution is 2.20. The second-order valence-corrected chi connectivity index (χ2v) is 5.69. The van der Waals surface area contributed by atoms with E-state index < -0.39 is 0 Å². The number of rotatable bonds is 4. The zero-order valence-corrected chi connectivity index (χ0v) is 11.9. The van der Waals surface area contributed by atoms with Crippen LogP contribution in [0.5, 0.6) is 0 Å². The Bertz CT molecular complexity index is 428. The van der Waals surface area contributed by atoms with E-state index in [0.29, 0.717) is 11.6 Å². The molecular formula is C14H23N3O2. The fraction of sp³-hybridized carbons (Fsp3) is 0.714. The third kappa shape index (κ3) is 3.80. The fourth-order valence-electron chi connectivity index (χ4n) is 2.47. The van der Waals surface area contributed by atoms with Crippen LogP contribution in [0, 0.1) is 5.92 Å². The molecule has 1 aromatic rings. The van der Waals surface area contributed by atoms with Crippen LogP contribution in [0.25, 0.3) is 0 Å². The van der Waals surface area contributed by atoms with Crippen molar-refractivity contribution in [2.75, 3.05) is 6.61 Å². The number of ether oxygens (including phenoxy) is 1. The standard InChI is InChI=1S/C14H23N3O2/c1-10(2)7-13-11(5-4-6-19-13)16-14(18)12-8-17(3)9-15-12/h8-11,13H,4-7H2,1-3H3,(H,16,18)/t11-,13+/m1/s1. The second-order valence-electron chi connectivity index (χ2n) is 5.69. The van der Waals surface area contributed by atoms with Crippen LogP contribution in [0.4, 0.5) is 0 Å². The zero-order valence-electron chi connectivity index (χ0n) is 11.9. The Morgan fingerprint density at radius 1 is 1.63 bits per heavy atom. The first-order valence-electron chi connectivity index (χ1n) is 6.96. The maximum Gasteiger partial charge on any atom is 0.271 e. The molecule has 19 heavy (non-hydrogen) atoms. The Hall–Kier alpha value is -1.36. The average Bonchev–Trinajstić information content (AvgIpc) is 2.78. The van der Waals surface area contributed by atoms with Crippen LogP contribution >= 0.6 is 0 Å². The molecule has 1 aliphatic heterocycles. The molecule has 5 nitrogen and oxygen atoms in total. The van der Waals surface area contributed by atoms with Gasteiger partial charge in [-0.3, -0.25) is 4.79 Å². The third-order valence-electron chi connectivity index (χ3n) is 3.40. The van der Waals surface area contributed by atoms with E-state index in [9.17, 15) is 4.79 Å². The highest BCUT2D eigenvalue weighted by Gasteiger charge is 2.28. The summed E-state index contributed by atoms with van der Waals surface area (Å²) in [4.78, 5) is 16.2. The van der Waals surface area contributed by atoms with Gasteiger partial charge in [0, 0.05) is 19.9 Å². The summed E-state index contributed by atoms with van der Waals surface area (Å²) in [6, 6.07) is 0.102. The Morgan fingerprint density at radius 2 is 2.42 bits per heavy atom. The van der Waals surface area contributed by atoms with Crippen LogP contribution in [-0.2, 0) is 11.8 Å². The van der Waals surface area contributed by atoms with Crippen LogP contribution in [-0.4, -0.2) is 34.2 Å². The van der Waals surface area contributed by atoms with Crippen molar-refractivity contribution < 1.29 is 9.53 Å². The molecule has 1 N–H and O–H groups in total. The molecule has 0 unspecified atom stereocenters. The minimum atomic E-state index is -0.107. The van der Waals surface area contributed by atoms with Gasteiger partial charge in [0.25, 0.3) is 5.91 Å². The predicted octanol–water partition coefficient (Wildman–Crippen LogP) is 1.74. The fourth-order valence-corrected chi connectivity index (χ4v) is 2.47. The number of amides is 1. The summed E-state index contributed by atoms with van der Waals surface area (Å²) in [5.74, 6) is 0.460. The highest BCUT2D eigenvalue weighted by atomic mass is 16.5. The molecule has 1 saturated heterocycles. The number of carbonyl (C=O) groups is 1. The van der Waals surface area contributed by atoms with Crippen molar-refractivity contribution in [3.05, 3.63) is 18.2 Å². The van der Waals surface area contributed by atoms with E-state index in [1.54, 1.807) is 17.1 Å². The molecule has 2 rings (SSSR count). The molecular weight excluding hydrogens is 242 g/mol. The third-order valence-corrected chi connectivity index (χ3v) is 3.40. The van der Waals surface area contributed by atoms with Crippen molar-refractivity contribution >= 4 is 5.91 Å². The molecule has 1 aromatic heterocycles. The van der Waals surface area contributed by atoms with Gasteiger partial charge in [-0.05, 0) is 25.2 Å². The van der Waals surface area contributed by atoms with Crippen LogP contribution < -0.4 is 5.32 Å². The van der Waals surface area contributed by atoms with E-state index in [-0.39, 0.29) is 18.1 Å². The van der Waals surface area contributed by atoms with Gasteiger partial charge in [-0.1, -0.05) is 13.8 Å². The largest absolute Gasteiger partial charge is 0.376 e. The Balaban J connectivity index is 1.97. The molecule has 1 aliphatic rings. The highest BCUT2D eigenvalue weighted by molar-refractivity contribution is 5.92. The SMILES string of the molecule is CC(C)C[C@@H]1OCCC[C@H]1NC(=O)c1cn(C)cn1. The summed E-state index contributed by atoms with van der Waals surface area (Å²) in [6.07, 6.45) is 6.46. The molecule has 2 heterocycles. The first-order chi connectivity index (χ1) is 9.06. The lowest BCUT2D eigenvalue weighted by molar-refractivity contribution is -0.0186. The summed E-state index contributed by atoms with van der Waals surface area (Å²) in [5.41, 5.74) is 0.469. The first kappa shape index (κ1) is 14.1. The van der Waals surface area contributed by atoms with E-state index in [1.807, 2.05) is 7.05 Å². The minimum absolute atomic E-state index is 0.102. The maximum atomic E-state index is 12.1. The molecule has 0 radical (unpaired) electrons. The van der Waals surface area contributed by atoms with Gasteiger partial charge in [0.15, 0.2) is 0 Å².